The van der Waals surface area contributed by atoms with Crippen molar-refractivity contribution in [2.24, 2.45) is 10.7 Å². The monoisotopic (exact) mass is 465 g/mol. The third-order valence-corrected chi connectivity index (χ3v) is 4.01. The summed E-state index contributed by atoms with van der Waals surface area (Å²) in [7, 11) is 0. The van der Waals surface area contributed by atoms with E-state index < -0.39 is 0 Å². The molecule has 9 nitrogen and oxygen atoms in total. The van der Waals surface area contributed by atoms with Crippen molar-refractivity contribution in [3.8, 4) is 0 Å². The average molecular weight is 465 g/mol. The van der Waals surface area contributed by atoms with Gasteiger partial charge in [-0.25, -0.2) is 4.79 Å². The summed E-state index contributed by atoms with van der Waals surface area (Å²) in [6.45, 7) is 6.89. The van der Waals surface area contributed by atoms with Crippen LogP contribution < -0.4 is 11.1 Å². The predicted molar refractivity (Wildman–Crippen MR) is 106 cm³/mol. The molecule has 1 aromatic heterocycles. The Kier molecular flexibility index (Phi) is 9.53. The van der Waals surface area contributed by atoms with Gasteiger partial charge in [0.25, 0.3) is 0 Å². The van der Waals surface area contributed by atoms with Gasteiger partial charge >= 0.3 is 6.09 Å². The molecule has 0 aliphatic carbocycles. The maximum atomic E-state index is 11.7. The normalized spacial score (nSPS) is 15.6. The lowest BCUT2D eigenvalue weighted by Gasteiger charge is -2.31. The number of guanidine groups is 1. The Hall–Kier alpha value is -1.59. The number of ether oxygens (including phenoxy) is 1. The van der Waals surface area contributed by atoms with Crippen LogP contribution in [-0.2, 0) is 17.7 Å². The molecule has 2 heterocycles. The van der Waals surface area contributed by atoms with Crippen molar-refractivity contribution in [3.05, 3.63) is 12.2 Å². The molecule has 1 aromatic rings. The van der Waals surface area contributed by atoms with Crippen LogP contribution >= 0.6 is 24.0 Å². The van der Waals surface area contributed by atoms with Crippen LogP contribution in [0.3, 0.4) is 0 Å². The van der Waals surface area contributed by atoms with Gasteiger partial charge < -0.3 is 25.3 Å². The van der Waals surface area contributed by atoms with Crippen LogP contribution in [0.4, 0.5) is 4.79 Å². The van der Waals surface area contributed by atoms with Gasteiger partial charge in [0, 0.05) is 32.1 Å². The molecule has 0 spiro atoms. The molecule has 142 valence electrons. The highest BCUT2D eigenvalue weighted by molar-refractivity contribution is 14.0. The Bertz CT molecular complexity index is 556. The number of aliphatic imine (C=N–C) groups is 1. The fraction of sp³-hybridized carbons (Fsp3) is 0.733. The van der Waals surface area contributed by atoms with Crippen molar-refractivity contribution in [3.63, 3.8) is 0 Å². The highest BCUT2D eigenvalue weighted by Crippen LogP contribution is 2.11. The minimum atomic E-state index is -0.238. The van der Waals surface area contributed by atoms with Crippen LogP contribution in [0.25, 0.3) is 0 Å². The molecule has 3 N–H and O–H groups in total. The number of nitrogens with two attached hydrogens (primary N) is 1. The average Bonchev–Trinajstić information content (AvgIpc) is 3.03. The van der Waals surface area contributed by atoms with Gasteiger partial charge in [0.05, 0.1) is 13.2 Å². The number of hydrogen-bond acceptors (Lipinski definition) is 5. The number of hydrogen-bond donors (Lipinski definition) is 2. The van der Waals surface area contributed by atoms with Gasteiger partial charge in [-0.1, -0.05) is 6.92 Å². The zero-order valence-electron chi connectivity index (χ0n) is 14.8. The van der Waals surface area contributed by atoms with Gasteiger partial charge in [-0.3, -0.25) is 4.99 Å². The standard InChI is InChI=1S/C15H27N7O2.HI/c1-3-13-20-18-11-22(13)10-7-17-14(16)19-12-5-8-21(9-6-12)15(23)24-4-2;/h11-12H,3-10H2,1-2H3,(H3,16,17,19);1H. The van der Waals surface area contributed by atoms with Gasteiger partial charge in [-0.2, -0.15) is 0 Å². The number of nitrogens with zero attached hydrogens (tertiary/aromatic N) is 5. The van der Waals surface area contributed by atoms with E-state index in [4.69, 9.17) is 10.5 Å². The smallest absolute Gasteiger partial charge is 0.409 e. The molecule has 10 heteroatoms. The van der Waals surface area contributed by atoms with Crippen molar-refractivity contribution < 1.29 is 9.53 Å². The number of aryl methyl sites for hydroxylation is 1. The van der Waals surface area contributed by atoms with E-state index in [2.05, 4.69) is 20.5 Å². The number of nitrogens with one attached hydrogen (secondary N) is 1. The van der Waals surface area contributed by atoms with E-state index in [0.717, 1.165) is 25.1 Å². The fourth-order valence-electron chi connectivity index (χ4n) is 2.69. The maximum Gasteiger partial charge on any atom is 0.409 e. The first-order valence-corrected chi connectivity index (χ1v) is 8.48. The summed E-state index contributed by atoms with van der Waals surface area (Å²) in [5, 5.41) is 11.2. The molecular formula is C15H28IN7O2. The second kappa shape index (κ2) is 11.1. The van der Waals surface area contributed by atoms with E-state index in [1.807, 2.05) is 18.4 Å². The van der Waals surface area contributed by atoms with Gasteiger partial charge in [0.2, 0.25) is 0 Å². The molecular weight excluding hydrogens is 437 g/mol. The Morgan fingerprint density at radius 3 is 2.80 bits per heavy atom. The number of halogens is 1. The fourth-order valence-corrected chi connectivity index (χ4v) is 2.69. The molecule has 1 aliphatic rings. The molecule has 1 fully saturated rings. The Balaban J connectivity index is 0.00000312. The van der Waals surface area contributed by atoms with Crippen LogP contribution in [0.1, 0.15) is 32.5 Å². The molecule has 0 saturated carbocycles. The third kappa shape index (κ3) is 6.67. The number of rotatable bonds is 6. The summed E-state index contributed by atoms with van der Waals surface area (Å²) in [5.74, 6) is 1.39. The van der Waals surface area contributed by atoms with Crippen molar-refractivity contribution >= 4 is 36.0 Å². The first-order valence-electron chi connectivity index (χ1n) is 8.48. The first-order chi connectivity index (χ1) is 11.6. The first kappa shape index (κ1) is 21.5. The highest BCUT2D eigenvalue weighted by atomic mass is 127. The van der Waals surface area contributed by atoms with Crippen molar-refractivity contribution in [1.82, 2.24) is 25.0 Å². The van der Waals surface area contributed by atoms with E-state index in [1.165, 1.54) is 0 Å². The lowest BCUT2D eigenvalue weighted by molar-refractivity contribution is 0.0963. The molecule has 0 unspecified atom stereocenters. The zero-order chi connectivity index (χ0) is 17.4. The number of piperidine rings is 1. The lowest BCUT2D eigenvalue weighted by Crippen LogP contribution is -2.48. The van der Waals surface area contributed by atoms with E-state index in [0.29, 0.717) is 38.7 Å². The maximum absolute atomic E-state index is 11.7. The summed E-state index contributed by atoms with van der Waals surface area (Å²) in [4.78, 5) is 17.7. The van der Waals surface area contributed by atoms with Crippen molar-refractivity contribution in [1.29, 1.82) is 0 Å². The summed E-state index contributed by atoms with van der Waals surface area (Å²) in [5.41, 5.74) is 5.95. The number of carbonyl (C=O) groups is 1. The van der Waals surface area contributed by atoms with E-state index in [9.17, 15) is 4.79 Å². The Labute approximate surface area is 165 Å². The molecule has 0 bridgehead atoms. The Morgan fingerprint density at radius 2 is 2.16 bits per heavy atom. The minimum absolute atomic E-state index is 0. The van der Waals surface area contributed by atoms with Crippen LogP contribution in [-0.4, -0.2) is 64.0 Å². The molecule has 1 amide bonds. The second-order valence-electron chi connectivity index (χ2n) is 5.67. The number of carbonyl (C=O) groups excluding carboxylic acids is 1. The van der Waals surface area contributed by atoms with Gasteiger partial charge in [0.1, 0.15) is 12.2 Å². The topological polar surface area (TPSA) is 111 Å². The minimum Gasteiger partial charge on any atom is -0.450 e. The van der Waals surface area contributed by atoms with Crippen LogP contribution in [0.2, 0.25) is 0 Å². The molecule has 0 aromatic carbocycles. The number of aromatic nitrogens is 3. The molecule has 1 saturated heterocycles. The number of amides is 1. The Morgan fingerprint density at radius 1 is 1.44 bits per heavy atom. The van der Waals surface area contributed by atoms with Gasteiger partial charge in [-0.15, -0.1) is 34.2 Å². The quantitative estimate of drug-likeness (QED) is 0.368. The predicted octanol–water partition coefficient (Wildman–Crippen LogP) is 0.984. The third-order valence-electron chi connectivity index (χ3n) is 4.01. The van der Waals surface area contributed by atoms with Crippen molar-refractivity contribution in [2.45, 2.75) is 45.7 Å². The summed E-state index contributed by atoms with van der Waals surface area (Å²) < 4.78 is 6.99. The van der Waals surface area contributed by atoms with E-state index in [1.54, 1.807) is 11.2 Å². The van der Waals surface area contributed by atoms with E-state index >= 15 is 0 Å². The van der Waals surface area contributed by atoms with Crippen molar-refractivity contribution in [2.75, 3.05) is 26.2 Å². The zero-order valence-corrected chi connectivity index (χ0v) is 17.2. The van der Waals surface area contributed by atoms with Gasteiger partial charge in [0.15, 0.2) is 5.96 Å². The van der Waals surface area contributed by atoms with Crippen LogP contribution in [0.5, 0.6) is 0 Å². The second-order valence-corrected chi connectivity index (χ2v) is 5.67. The summed E-state index contributed by atoms with van der Waals surface area (Å²) >= 11 is 0. The molecule has 25 heavy (non-hydrogen) atoms. The van der Waals surface area contributed by atoms with E-state index in [-0.39, 0.29) is 36.1 Å². The molecule has 0 atom stereocenters. The largest absolute Gasteiger partial charge is 0.450 e. The van der Waals surface area contributed by atoms with Gasteiger partial charge in [-0.05, 0) is 19.8 Å². The highest BCUT2D eigenvalue weighted by Gasteiger charge is 2.23. The summed E-state index contributed by atoms with van der Waals surface area (Å²) in [6.07, 6.45) is 3.98. The molecule has 0 radical (unpaired) electrons. The van der Waals surface area contributed by atoms with Crippen LogP contribution in [0.15, 0.2) is 11.3 Å². The molecule has 1 aliphatic heterocycles. The molecule has 2 rings (SSSR count). The van der Waals surface area contributed by atoms with Crippen LogP contribution in [0, 0.1) is 0 Å². The SMILES string of the molecule is CCOC(=O)N1CCC(NC(N)=NCCn2cnnc2CC)CC1.I. The lowest BCUT2D eigenvalue weighted by atomic mass is 10.1. The summed E-state index contributed by atoms with van der Waals surface area (Å²) in [6, 6.07) is 0.237. The number of likely N-dealkylation sites (tertiary alicyclic amines) is 1.